The van der Waals surface area contributed by atoms with E-state index in [4.69, 9.17) is 10.5 Å². The molecule has 0 fully saturated rings. The van der Waals surface area contributed by atoms with Crippen molar-refractivity contribution in [3.8, 4) is 0 Å². The summed E-state index contributed by atoms with van der Waals surface area (Å²) in [6.07, 6.45) is 5.46. The number of nitrogens with one attached hydrogen (secondary N) is 1. The molecule has 0 bridgehead atoms. The summed E-state index contributed by atoms with van der Waals surface area (Å²) < 4.78 is 5.09. The lowest BCUT2D eigenvalue weighted by Gasteiger charge is -2.26. The second kappa shape index (κ2) is 10.8. The number of rotatable bonds is 9. The molecule has 0 aliphatic carbocycles. The van der Waals surface area contributed by atoms with Gasteiger partial charge < -0.3 is 15.8 Å². The molecule has 3 rings (SSSR count). The molecule has 0 atom stereocenters. The Kier molecular flexibility index (Phi) is 7.85. The molecule has 1 aliphatic rings. The maximum atomic E-state index is 12.3. The van der Waals surface area contributed by atoms with Crippen LogP contribution < -0.4 is 11.1 Å². The van der Waals surface area contributed by atoms with Crippen LogP contribution >= 0.6 is 0 Å². The molecule has 0 spiro atoms. The summed E-state index contributed by atoms with van der Waals surface area (Å²) in [5, 5.41) is 2.98. The molecule has 154 valence electrons. The Balaban J connectivity index is 1.35. The first-order valence-corrected chi connectivity index (χ1v) is 10.3. The zero-order valence-electron chi connectivity index (χ0n) is 17.2. The summed E-state index contributed by atoms with van der Waals surface area (Å²) in [4.78, 5) is 14.8. The Morgan fingerprint density at radius 3 is 2.69 bits per heavy atom. The zero-order valence-corrected chi connectivity index (χ0v) is 17.2. The third-order valence-electron chi connectivity index (χ3n) is 5.30. The normalized spacial score (nSPS) is 14.4. The number of carbonyl (C=O) groups is 1. The monoisotopic (exact) mass is 393 g/mol. The van der Waals surface area contributed by atoms with E-state index in [2.05, 4.69) is 46.6 Å². The minimum absolute atomic E-state index is 0.111. The van der Waals surface area contributed by atoms with E-state index in [1.807, 2.05) is 6.07 Å². The van der Waals surface area contributed by atoms with Crippen LogP contribution in [0, 0.1) is 0 Å². The fourth-order valence-corrected chi connectivity index (χ4v) is 3.66. The highest BCUT2D eigenvalue weighted by Gasteiger charge is 2.13. The van der Waals surface area contributed by atoms with Crippen LogP contribution in [0.15, 0.2) is 54.6 Å². The van der Waals surface area contributed by atoms with Crippen LogP contribution in [0.3, 0.4) is 0 Å². The molecule has 0 unspecified atom stereocenters. The summed E-state index contributed by atoms with van der Waals surface area (Å²) in [6.45, 7) is 4.31. The smallest absolute Gasteiger partial charge is 0.253 e. The van der Waals surface area contributed by atoms with Gasteiger partial charge in [0.25, 0.3) is 5.91 Å². The van der Waals surface area contributed by atoms with Crippen LogP contribution in [-0.2, 0) is 11.3 Å². The summed E-state index contributed by atoms with van der Waals surface area (Å²) in [5.74, 6) is -0.111. The number of ether oxygens (including phenoxy) is 1. The molecule has 0 aromatic heterocycles. The highest BCUT2D eigenvalue weighted by Crippen LogP contribution is 2.22. The summed E-state index contributed by atoms with van der Waals surface area (Å²) in [7, 11) is 1.64. The van der Waals surface area contributed by atoms with Gasteiger partial charge in [-0.25, -0.2) is 0 Å². The van der Waals surface area contributed by atoms with Crippen molar-refractivity contribution in [3.63, 3.8) is 0 Å². The maximum Gasteiger partial charge on any atom is 0.253 e. The number of nitrogens with two attached hydrogens (primary N) is 1. The van der Waals surface area contributed by atoms with E-state index in [1.54, 1.807) is 19.2 Å². The van der Waals surface area contributed by atoms with Gasteiger partial charge in [0.15, 0.2) is 0 Å². The zero-order chi connectivity index (χ0) is 20.5. The first kappa shape index (κ1) is 21.1. The van der Waals surface area contributed by atoms with E-state index in [1.165, 1.54) is 11.1 Å². The van der Waals surface area contributed by atoms with E-state index >= 15 is 0 Å². The number of methoxy groups -OCH3 is 1. The van der Waals surface area contributed by atoms with Crippen LogP contribution in [0.4, 0.5) is 5.69 Å². The third-order valence-corrected chi connectivity index (χ3v) is 5.30. The number of anilines is 1. The van der Waals surface area contributed by atoms with Gasteiger partial charge in [0.05, 0.1) is 12.2 Å². The summed E-state index contributed by atoms with van der Waals surface area (Å²) >= 11 is 0. The van der Waals surface area contributed by atoms with Gasteiger partial charge >= 0.3 is 0 Å². The number of carbonyl (C=O) groups excluding carboxylic acids is 1. The van der Waals surface area contributed by atoms with E-state index in [0.717, 1.165) is 44.5 Å². The molecule has 0 saturated carbocycles. The number of hydrogen-bond acceptors (Lipinski definition) is 4. The first-order chi connectivity index (χ1) is 14.2. The molecule has 2 aromatic carbocycles. The van der Waals surface area contributed by atoms with Crippen molar-refractivity contribution < 1.29 is 9.53 Å². The molecule has 5 heteroatoms. The molecule has 29 heavy (non-hydrogen) atoms. The Labute approximate surface area is 173 Å². The Morgan fingerprint density at radius 2 is 2.00 bits per heavy atom. The van der Waals surface area contributed by atoms with Crippen LogP contribution in [0.5, 0.6) is 0 Å². The average molecular weight is 394 g/mol. The van der Waals surface area contributed by atoms with Gasteiger partial charge in [-0.15, -0.1) is 0 Å². The van der Waals surface area contributed by atoms with Crippen molar-refractivity contribution in [2.24, 2.45) is 0 Å². The van der Waals surface area contributed by atoms with E-state index < -0.39 is 0 Å². The molecule has 0 saturated heterocycles. The third kappa shape index (κ3) is 6.17. The Hall–Kier alpha value is -2.63. The van der Waals surface area contributed by atoms with Crippen LogP contribution in [0.2, 0.25) is 0 Å². The molecule has 2 aromatic rings. The lowest BCUT2D eigenvalue weighted by atomic mass is 9.99. The van der Waals surface area contributed by atoms with E-state index in [-0.39, 0.29) is 5.91 Å². The lowest BCUT2D eigenvalue weighted by molar-refractivity contribution is 0.0953. The number of benzene rings is 2. The van der Waals surface area contributed by atoms with Gasteiger partial charge in [-0.1, -0.05) is 42.5 Å². The van der Waals surface area contributed by atoms with Crippen molar-refractivity contribution in [1.29, 1.82) is 0 Å². The van der Waals surface area contributed by atoms with Gasteiger partial charge in [0.2, 0.25) is 0 Å². The molecule has 1 amide bonds. The fraction of sp³-hybridized carbons (Fsp3) is 0.375. The van der Waals surface area contributed by atoms with Crippen molar-refractivity contribution in [2.45, 2.75) is 25.9 Å². The second-order valence-electron chi connectivity index (χ2n) is 7.46. The van der Waals surface area contributed by atoms with Gasteiger partial charge in [-0.2, -0.15) is 0 Å². The summed E-state index contributed by atoms with van der Waals surface area (Å²) in [6, 6.07) is 16.1. The van der Waals surface area contributed by atoms with Gasteiger partial charge in [0.1, 0.15) is 0 Å². The van der Waals surface area contributed by atoms with Crippen molar-refractivity contribution in [2.75, 3.05) is 39.0 Å². The first-order valence-electron chi connectivity index (χ1n) is 10.3. The van der Waals surface area contributed by atoms with E-state index in [9.17, 15) is 4.79 Å². The van der Waals surface area contributed by atoms with Gasteiger partial charge in [0, 0.05) is 32.4 Å². The van der Waals surface area contributed by atoms with Crippen molar-refractivity contribution in [1.82, 2.24) is 10.2 Å². The van der Waals surface area contributed by atoms with Crippen molar-refractivity contribution in [3.05, 3.63) is 71.3 Å². The molecule has 0 radical (unpaired) electrons. The van der Waals surface area contributed by atoms with Crippen LogP contribution in [0.1, 0.15) is 40.7 Å². The number of nitrogens with zero attached hydrogens (tertiary/aromatic N) is 1. The number of hydrogen-bond donors (Lipinski definition) is 2. The predicted octanol–water partition coefficient (Wildman–Crippen LogP) is 3.71. The molecular weight excluding hydrogens is 362 g/mol. The van der Waals surface area contributed by atoms with E-state index in [0.29, 0.717) is 24.4 Å². The second-order valence-corrected chi connectivity index (χ2v) is 7.46. The molecular formula is C24H31N3O2. The molecule has 1 aliphatic heterocycles. The lowest BCUT2D eigenvalue weighted by Crippen LogP contribution is -2.30. The van der Waals surface area contributed by atoms with Gasteiger partial charge in [-0.05, 0) is 54.6 Å². The molecule has 5 nitrogen and oxygen atoms in total. The SMILES string of the molecule is COCc1ccc(C(=O)NCCCCN2CC=C(c3ccccc3)CC2)c(N)c1. The van der Waals surface area contributed by atoms with Gasteiger partial charge in [-0.3, -0.25) is 9.69 Å². The highest BCUT2D eigenvalue weighted by molar-refractivity contribution is 5.99. The molecule has 1 heterocycles. The number of unbranched alkanes of at least 4 members (excludes halogenated alkanes) is 1. The van der Waals surface area contributed by atoms with Crippen LogP contribution in [-0.4, -0.2) is 44.1 Å². The summed E-state index contributed by atoms with van der Waals surface area (Å²) in [5.41, 5.74) is 10.8. The average Bonchev–Trinajstić information content (AvgIpc) is 2.75. The molecule has 3 N–H and O–H groups in total. The largest absolute Gasteiger partial charge is 0.398 e. The minimum atomic E-state index is -0.111. The number of amides is 1. The standard InChI is InChI=1S/C24H31N3O2/c1-29-18-19-9-10-22(23(25)17-19)24(28)26-13-5-6-14-27-15-11-21(12-16-27)20-7-3-2-4-8-20/h2-4,7-11,17H,5-6,12-16,18,25H2,1H3,(H,26,28). The van der Waals surface area contributed by atoms with Crippen molar-refractivity contribution >= 4 is 17.2 Å². The Morgan fingerprint density at radius 1 is 1.17 bits per heavy atom. The predicted molar refractivity (Wildman–Crippen MR) is 119 cm³/mol. The minimum Gasteiger partial charge on any atom is -0.398 e. The number of nitrogen functional groups attached to an aromatic ring is 1. The fourth-order valence-electron chi connectivity index (χ4n) is 3.66. The van der Waals surface area contributed by atoms with Crippen LogP contribution in [0.25, 0.3) is 5.57 Å². The Bertz CT molecular complexity index is 833. The maximum absolute atomic E-state index is 12.3. The topological polar surface area (TPSA) is 67.6 Å². The highest BCUT2D eigenvalue weighted by atomic mass is 16.5. The quantitative estimate of drug-likeness (QED) is 0.503.